The summed E-state index contributed by atoms with van der Waals surface area (Å²) in [4.78, 5) is 25.9. The smallest absolute Gasteiger partial charge is 0.309 e. The molecule has 1 aromatic rings. The summed E-state index contributed by atoms with van der Waals surface area (Å²) in [6.45, 7) is 1.65. The number of methoxy groups -OCH3 is 1. The summed E-state index contributed by atoms with van der Waals surface area (Å²) in [7, 11) is 1.52. The topological polar surface area (TPSA) is 76.1 Å². The molecule has 6 nitrogen and oxygen atoms in total. The van der Waals surface area contributed by atoms with Crippen molar-refractivity contribution in [3.05, 3.63) is 28.8 Å². The SMILES string of the molecule is COc1ccc(Cl)cc1C(=O)N1CCC([C@@H]2OCCC2C(=O)O)CC1. The van der Waals surface area contributed by atoms with Crippen LogP contribution in [0.15, 0.2) is 18.2 Å². The molecule has 2 fully saturated rings. The first-order chi connectivity index (χ1) is 12.0. The summed E-state index contributed by atoms with van der Waals surface area (Å²) in [5.74, 6) is -0.652. The predicted molar refractivity (Wildman–Crippen MR) is 92.1 cm³/mol. The van der Waals surface area contributed by atoms with E-state index in [0.29, 0.717) is 42.5 Å². The Hall–Kier alpha value is -1.79. The Morgan fingerprint density at radius 1 is 1.28 bits per heavy atom. The zero-order valence-corrected chi connectivity index (χ0v) is 14.9. The zero-order chi connectivity index (χ0) is 18.0. The van der Waals surface area contributed by atoms with Gasteiger partial charge in [-0.05, 0) is 43.4 Å². The van der Waals surface area contributed by atoms with E-state index in [2.05, 4.69) is 0 Å². The number of carbonyl (C=O) groups is 2. The molecule has 0 aliphatic carbocycles. The van der Waals surface area contributed by atoms with E-state index in [1.807, 2.05) is 0 Å². The zero-order valence-electron chi connectivity index (χ0n) is 14.1. The van der Waals surface area contributed by atoms with Gasteiger partial charge in [0.05, 0.1) is 24.7 Å². The molecule has 2 aliphatic rings. The molecule has 2 aliphatic heterocycles. The molecule has 0 saturated carbocycles. The van der Waals surface area contributed by atoms with E-state index < -0.39 is 11.9 Å². The largest absolute Gasteiger partial charge is 0.496 e. The van der Waals surface area contributed by atoms with E-state index >= 15 is 0 Å². The van der Waals surface area contributed by atoms with Crippen molar-refractivity contribution in [1.82, 2.24) is 4.90 Å². The fraction of sp³-hybridized carbons (Fsp3) is 0.556. The van der Waals surface area contributed by atoms with E-state index in [4.69, 9.17) is 21.1 Å². The lowest BCUT2D eigenvalue weighted by Gasteiger charge is -2.35. The third kappa shape index (κ3) is 3.75. The lowest BCUT2D eigenvalue weighted by molar-refractivity contribution is -0.145. The van der Waals surface area contributed by atoms with Gasteiger partial charge in [-0.25, -0.2) is 0 Å². The maximum Gasteiger partial charge on any atom is 0.309 e. The van der Waals surface area contributed by atoms with E-state index in [9.17, 15) is 14.7 Å². The monoisotopic (exact) mass is 367 g/mol. The number of hydrogen-bond donors (Lipinski definition) is 1. The molecule has 1 aromatic carbocycles. The third-order valence-electron chi connectivity index (χ3n) is 5.14. The lowest BCUT2D eigenvalue weighted by Crippen LogP contribution is -2.43. The number of rotatable bonds is 4. The summed E-state index contributed by atoms with van der Waals surface area (Å²) >= 11 is 6.01. The second kappa shape index (κ2) is 7.62. The van der Waals surface area contributed by atoms with Crippen molar-refractivity contribution in [2.75, 3.05) is 26.8 Å². The van der Waals surface area contributed by atoms with Crippen molar-refractivity contribution in [2.45, 2.75) is 25.4 Å². The highest BCUT2D eigenvalue weighted by molar-refractivity contribution is 6.31. The molecule has 2 atom stereocenters. The van der Waals surface area contributed by atoms with E-state index in [0.717, 1.165) is 12.8 Å². The number of carboxylic acid groups (broad SMARTS) is 1. The average Bonchev–Trinajstić information content (AvgIpc) is 3.11. The minimum atomic E-state index is -0.787. The van der Waals surface area contributed by atoms with Crippen molar-refractivity contribution < 1.29 is 24.2 Å². The van der Waals surface area contributed by atoms with Crippen LogP contribution in [0.1, 0.15) is 29.6 Å². The van der Waals surface area contributed by atoms with Gasteiger partial charge in [-0.2, -0.15) is 0 Å². The van der Waals surface area contributed by atoms with Crippen LogP contribution in [0, 0.1) is 11.8 Å². The summed E-state index contributed by atoms with van der Waals surface area (Å²) in [6.07, 6.45) is 1.81. The quantitative estimate of drug-likeness (QED) is 0.885. The van der Waals surface area contributed by atoms with E-state index in [1.165, 1.54) is 7.11 Å². The van der Waals surface area contributed by atoms with Crippen LogP contribution in [-0.2, 0) is 9.53 Å². The Balaban J connectivity index is 1.65. The van der Waals surface area contributed by atoms with Crippen molar-refractivity contribution in [1.29, 1.82) is 0 Å². The lowest BCUT2D eigenvalue weighted by atomic mass is 9.84. The Labute approximate surface area is 151 Å². The molecule has 1 N–H and O–H groups in total. The molecule has 2 saturated heterocycles. The van der Waals surface area contributed by atoms with Gasteiger partial charge < -0.3 is 19.5 Å². The van der Waals surface area contributed by atoms with Gasteiger partial charge in [-0.3, -0.25) is 9.59 Å². The Morgan fingerprint density at radius 2 is 2.00 bits per heavy atom. The maximum absolute atomic E-state index is 12.8. The molecule has 0 aromatic heterocycles. The number of carboxylic acids is 1. The van der Waals surface area contributed by atoms with Gasteiger partial charge in [0.2, 0.25) is 0 Å². The first-order valence-corrected chi connectivity index (χ1v) is 8.86. The van der Waals surface area contributed by atoms with Crippen LogP contribution in [0.25, 0.3) is 0 Å². The van der Waals surface area contributed by atoms with Crippen LogP contribution < -0.4 is 4.74 Å². The van der Waals surface area contributed by atoms with Gasteiger partial charge in [0.25, 0.3) is 5.91 Å². The Morgan fingerprint density at radius 3 is 2.64 bits per heavy atom. The van der Waals surface area contributed by atoms with Gasteiger partial charge in [-0.1, -0.05) is 11.6 Å². The normalized spacial score (nSPS) is 24.3. The highest BCUT2D eigenvalue weighted by Gasteiger charge is 2.41. The number of piperidine rings is 1. The van der Waals surface area contributed by atoms with E-state index in [-0.39, 0.29) is 17.9 Å². The number of likely N-dealkylation sites (tertiary alicyclic amines) is 1. The number of nitrogens with zero attached hydrogens (tertiary/aromatic N) is 1. The molecule has 0 spiro atoms. The van der Waals surface area contributed by atoms with Crippen LogP contribution in [0.5, 0.6) is 5.75 Å². The minimum absolute atomic E-state index is 0.111. The number of carbonyl (C=O) groups excluding carboxylic acids is 1. The van der Waals surface area contributed by atoms with Gasteiger partial charge in [0, 0.05) is 24.7 Å². The molecule has 2 heterocycles. The van der Waals surface area contributed by atoms with Crippen molar-refractivity contribution >= 4 is 23.5 Å². The number of aliphatic carboxylic acids is 1. The average molecular weight is 368 g/mol. The number of benzene rings is 1. The van der Waals surface area contributed by atoms with Crippen LogP contribution in [-0.4, -0.2) is 54.8 Å². The molecule has 7 heteroatoms. The number of hydrogen-bond acceptors (Lipinski definition) is 4. The van der Waals surface area contributed by atoms with Crippen molar-refractivity contribution in [2.24, 2.45) is 11.8 Å². The second-order valence-electron chi connectivity index (χ2n) is 6.54. The van der Waals surface area contributed by atoms with Crippen molar-refractivity contribution in [3.8, 4) is 5.75 Å². The van der Waals surface area contributed by atoms with Gasteiger partial charge >= 0.3 is 5.97 Å². The second-order valence-corrected chi connectivity index (χ2v) is 6.98. The van der Waals surface area contributed by atoms with Gasteiger partial charge in [-0.15, -0.1) is 0 Å². The van der Waals surface area contributed by atoms with Gasteiger partial charge in [0.1, 0.15) is 5.75 Å². The molecule has 136 valence electrons. The first kappa shape index (κ1) is 18.0. The van der Waals surface area contributed by atoms with Gasteiger partial charge in [0.15, 0.2) is 0 Å². The van der Waals surface area contributed by atoms with E-state index in [1.54, 1.807) is 23.1 Å². The molecular weight excluding hydrogens is 346 g/mol. The predicted octanol–water partition coefficient (Wildman–Crippen LogP) is 2.69. The highest BCUT2D eigenvalue weighted by Crippen LogP contribution is 2.34. The first-order valence-electron chi connectivity index (χ1n) is 8.48. The van der Waals surface area contributed by atoms with Crippen LogP contribution in [0.4, 0.5) is 0 Å². The van der Waals surface area contributed by atoms with Crippen molar-refractivity contribution in [3.63, 3.8) is 0 Å². The molecule has 1 amide bonds. The molecule has 1 unspecified atom stereocenters. The minimum Gasteiger partial charge on any atom is -0.496 e. The molecule has 25 heavy (non-hydrogen) atoms. The fourth-order valence-electron chi connectivity index (χ4n) is 3.79. The molecule has 0 radical (unpaired) electrons. The molecule has 3 rings (SSSR count). The summed E-state index contributed by atoms with van der Waals surface area (Å²) in [5, 5.41) is 9.80. The Bertz CT molecular complexity index is 657. The molecule has 0 bridgehead atoms. The van der Waals surface area contributed by atoms with Crippen LogP contribution in [0.3, 0.4) is 0 Å². The number of amides is 1. The fourth-order valence-corrected chi connectivity index (χ4v) is 3.96. The highest BCUT2D eigenvalue weighted by atomic mass is 35.5. The summed E-state index contributed by atoms with van der Waals surface area (Å²) in [5.41, 5.74) is 0.453. The van der Waals surface area contributed by atoms with Crippen LogP contribution in [0.2, 0.25) is 5.02 Å². The summed E-state index contributed by atoms with van der Waals surface area (Å²) < 4.78 is 10.9. The standard InChI is InChI=1S/C18H22ClNO5/c1-24-15-3-2-12(19)10-14(15)17(21)20-7-4-11(5-8-20)16-13(18(22)23)6-9-25-16/h2-3,10-11,13,16H,4-9H2,1H3,(H,22,23)/t13?,16-/m0/s1. The number of ether oxygens (including phenoxy) is 2. The summed E-state index contributed by atoms with van der Waals surface area (Å²) in [6, 6.07) is 4.99. The van der Waals surface area contributed by atoms with Crippen LogP contribution >= 0.6 is 11.6 Å². The maximum atomic E-state index is 12.8. The number of halogens is 1. The Kier molecular flexibility index (Phi) is 5.49. The molecular formula is C18H22ClNO5. The third-order valence-corrected chi connectivity index (χ3v) is 5.37.